The van der Waals surface area contributed by atoms with E-state index in [1.165, 1.54) is 0 Å². The Hall–Kier alpha value is -1.34. The maximum absolute atomic E-state index is 8.83. The first-order valence-electron chi connectivity index (χ1n) is 4.34. The molecule has 0 N–H and O–H groups in total. The summed E-state index contributed by atoms with van der Waals surface area (Å²) in [5, 5.41) is 8.83. The molecule has 0 aromatic carbocycles. The van der Waals surface area contributed by atoms with Gasteiger partial charge in [-0.05, 0) is 13.8 Å². The predicted molar refractivity (Wildman–Crippen MR) is 47.9 cm³/mol. The molecule has 0 aliphatic heterocycles. The van der Waals surface area contributed by atoms with Crippen LogP contribution in [0.15, 0.2) is 12.5 Å². The van der Waals surface area contributed by atoms with Crippen molar-refractivity contribution in [2.75, 3.05) is 6.61 Å². The third-order valence-corrected chi connectivity index (χ3v) is 1.80. The van der Waals surface area contributed by atoms with Crippen molar-refractivity contribution in [3.63, 3.8) is 0 Å². The topological polar surface area (TPSA) is 50.8 Å². The van der Waals surface area contributed by atoms with Crippen LogP contribution in [0.3, 0.4) is 0 Å². The summed E-state index contributed by atoms with van der Waals surface area (Å²) in [6, 6.07) is 2.10. The van der Waals surface area contributed by atoms with Crippen LogP contribution in [0.25, 0.3) is 0 Å². The van der Waals surface area contributed by atoms with E-state index in [0.717, 1.165) is 12.2 Å². The zero-order valence-electron chi connectivity index (χ0n) is 7.90. The Morgan fingerprint density at radius 1 is 1.69 bits per heavy atom. The molecule has 70 valence electrons. The lowest BCUT2D eigenvalue weighted by atomic mass is 10.3. The highest BCUT2D eigenvalue weighted by molar-refractivity contribution is 5.10. The molecular weight excluding hydrogens is 166 g/mol. The second-order valence-corrected chi connectivity index (χ2v) is 2.57. The van der Waals surface area contributed by atoms with E-state index in [1.807, 2.05) is 18.4 Å². The summed E-state index contributed by atoms with van der Waals surface area (Å²) < 4.78 is 7.16. The van der Waals surface area contributed by atoms with Gasteiger partial charge in [-0.1, -0.05) is 0 Å². The van der Waals surface area contributed by atoms with Crippen molar-refractivity contribution in [2.45, 2.75) is 26.5 Å². The van der Waals surface area contributed by atoms with Gasteiger partial charge in [0.25, 0.3) is 0 Å². The Kier molecular flexibility index (Phi) is 3.47. The van der Waals surface area contributed by atoms with Crippen molar-refractivity contribution < 1.29 is 4.74 Å². The number of rotatable bonds is 4. The number of ether oxygens (including phenoxy) is 1. The van der Waals surface area contributed by atoms with Crippen LogP contribution in [0.2, 0.25) is 0 Å². The smallest absolute Gasteiger partial charge is 0.185 e. The number of nitriles is 1. The summed E-state index contributed by atoms with van der Waals surface area (Å²) in [5.41, 5.74) is 0.826. The van der Waals surface area contributed by atoms with E-state index in [2.05, 4.69) is 11.1 Å². The predicted octanol–water partition coefficient (Wildman–Crippen LogP) is 1.50. The molecule has 0 bridgehead atoms. The number of aryl methyl sites for hydroxylation is 1. The molecule has 0 saturated heterocycles. The monoisotopic (exact) mass is 179 g/mol. The summed E-state index contributed by atoms with van der Waals surface area (Å²) in [5.74, 6) is 0. The van der Waals surface area contributed by atoms with Gasteiger partial charge in [-0.2, -0.15) is 5.26 Å². The second kappa shape index (κ2) is 4.63. The van der Waals surface area contributed by atoms with Crippen LogP contribution >= 0.6 is 0 Å². The lowest BCUT2D eigenvalue weighted by molar-refractivity contribution is 0.0964. The van der Waals surface area contributed by atoms with Crippen LogP contribution < -0.4 is 0 Å². The van der Waals surface area contributed by atoms with E-state index in [-0.39, 0.29) is 0 Å². The normalized spacial score (nSPS) is 12.4. The summed E-state index contributed by atoms with van der Waals surface area (Å²) in [6.45, 7) is 5.22. The molecule has 0 radical (unpaired) electrons. The van der Waals surface area contributed by atoms with Crippen LogP contribution in [0.4, 0.5) is 0 Å². The van der Waals surface area contributed by atoms with Crippen LogP contribution in [0, 0.1) is 11.3 Å². The second-order valence-electron chi connectivity index (χ2n) is 2.57. The molecule has 4 nitrogen and oxygen atoms in total. The van der Waals surface area contributed by atoms with Crippen LogP contribution in [0.1, 0.15) is 25.6 Å². The molecule has 1 atom stereocenters. The van der Waals surface area contributed by atoms with Gasteiger partial charge < -0.3 is 9.30 Å². The molecule has 4 heteroatoms. The van der Waals surface area contributed by atoms with Crippen LogP contribution in [-0.2, 0) is 11.3 Å². The molecule has 1 heterocycles. The first kappa shape index (κ1) is 9.75. The van der Waals surface area contributed by atoms with Crippen molar-refractivity contribution >= 4 is 0 Å². The summed E-state index contributed by atoms with van der Waals surface area (Å²) in [7, 11) is 0. The Morgan fingerprint density at radius 3 is 3.00 bits per heavy atom. The highest BCUT2D eigenvalue weighted by Crippen LogP contribution is 2.15. The minimum Gasteiger partial charge on any atom is -0.357 e. The van der Waals surface area contributed by atoms with Gasteiger partial charge in [-0.25, -0.2) is 4.98 Å². The summed E-state index contributed by atoms with van der Waals surface area (Å²) in [4.78, 5) is 3.98. The number of nitrogens with zero attached hydrogens (tertiary/aromatic N) is 3. The minimum absolute atomic E-state index is 0.493. The molecule has 0 spiro atoms. The molecule has 0 saturated carbocycles. The quantitative estimate of drug-likeness (QED) is 0.703. The van der Waals surface area contributed by atoms with Crippen molar-refractivity contribution in [2.24, 2.45) is 0 Å². The van der Waals surface area contributed by atoms with E-state index >= 15 is 0 Å². The molecule has 1 unspecified atom stereocenters. The fourth-order valence-electron chi connectivity index (χ4n) is 1.17. The van der Waals surface area contributed by atoms with E-state index in [9.17, 15) is 0 Å². The number of hydrogen-bond acceptors (Lipinski definition) is 3. The standard InChI is InChI=1S/C9H13N3O/c1-3-12-7-11-6-8(12)9(5-10)13-4-2/h6-7,9H,3-4H2,1-2H3. The number of hydrogen-bond donors (Lipinski definition) is 0. The zero-order valence-corrected chi connectivity index (χ0v) is 7.90. The van der Waals surface area contributed by atoms with Gasteiger partial charge in [-0.3, -0.25) is 0 Å². The van der Waals surface area contributed by atoms with Gasteiger partial charge in [0.2, 0.25) is 0 Å². The SMILES string of the molecule is CCOC(C#N)c1cncn1CC. The minimum atomic E-state index is -0.493. The van der Waals surface area contributed by atoms with Gasteiger partial charge in [-0.15, -0.1) is 0 Å². The van der Waals surface area contributed by atoms with Crippen molar-refractivity contribution in [1.29, 1.82) is 5.26 Å². The lowest BCUT2D eigenvalue weighted by Crippen LogP contribution is -2.08. The average molecular weight is 179 g/mol. The van der Waals surface area contributed by atoms with Crippen LogP contribution in [-0.4, -0.2) is 16.2 Å². The van der Waals surface area contributed by atoms with E-state index in [0.29, 0.717) is 6.61 Å². The molecule has 0 amide bonds. The molecule has 1 aromatic heterocycles. The number of imidazole rings is 1. The Balaban J connectivity index is 2.85. The Morgan fingerprint density at radius 2 is 2.46 bits per heavy atom. The summed E-state index contributed by atoms with van der Waals surface area (Å²) >= 11 is 0. The first-order chi connectivity index (χ1) is 6.33. The fraction of sp³-hybridized carbons (Fsp3) is 0.556. The van der Waals surface area contributed by atoms with Gasteiger partial charge in [0.15, 0.2) is 6.10 Å². The average Bonchev–Trinajstić information content (AvgIpc) is 2.61. The van der Waals surface area contributed by atoms with Gasteiger partial charge >= 0.3 is 0 Å². The lowest BCUT2D eigenvalue weighted by Gasteiger charge is -2.10. The molecule has 1 aromatic rings. The molecule has 1 rings (SSSR count). The molecule has 0 fully saturated rings. The van der Waals surface area contributed by atoms with Gasteiger partial charge in [0.1, 0.15) is 6.07 Å². The van der Waals surface area contributed by atoms with Crippen molar-refractivity contribution in [3.05, 3.63) is 18.2 Å². The fourth-order valence-corrected chi connectivity index (χ4v) is 1.17. The molecule has 0 aliphatic rings. The van der Waals surface area contributed by atoms with Crippen molar-refractivity contribution in [3.8, 4) is 6.07 Å². The van der Waals surface area contributed by atoms with Crippen molar-refractivity contribution in [1.82, 2.24) is 9.55 Å². The third kappa shape index (κ3) is 2.07. The largest absolute Gasteiger partial charge is 0.357 e. The highest BCUT2D eigenvalue weighted by atomic mass is 16.5. The maximum atomic E-state index is 8.83. The number of aromatic nitrogens is 2. The van der Waals surface area contributed by atoms with E-state index in [4.69, 9.17) is 10.00 Å². The van der Waals surface area contributed by atoms with Crippen LogP contribution in [0.5, 0.6) is 0 Å². The van der Waals surface area contributed by atoms with Gasteiger partial charge in [0, 0.05) is 13.2 Å². The molecule has 13 heavy (non-hydrogen) atoms. The third-order valence-electron chi connectivity index (χ3n) is 1.80. The Bertz CT molecular complexity index is 300. The van der Waals surface area contributed by atoms with E-state index < -0.39 is 6.10 Å². The van der Waals surface area contributed by atoms with Gasteiger partial charge in [0.05, 0.1) is 18.2 Å². The van der Waals surface area contributed by atoms with E-state index in [1.54, 1.807) is 12.5 Å². The summed E-state index contributed by atoms with van der Waals surface area (Å²) in [6.07, 6.45) is 2.89. The Labute approximate surface area is 77.8 Å². The zero-order chi connectivity index (χ0) is 9.68. The molecule has 0 aliphatic carbocycles. The first-order valence-corrected chi connectivity index (χ1v) is 4.34. The highest BCUT2D eigenvalue weighted by Gasteiger charge is 2.13. The molecular formula is C9H13N3O. The maximum Gasteiger partial charge on any atom is 0.185 e.